The van der Waals surface area contributed by atoms with Crippen molar-refractivity contribution in [1.82, 2.24) is 5.32 Å². The fraction of sp³-hybridized carbons (Fsp3) is 0.429. The van der Waals surface area contributed by atoms with Crippen molar-refractivity contribution in [3.8, 4) is 0 Å². The van der Waals surface area contributed by atoms with E-state index < -0.39 is 8.25 Å². The minimum atomic E-state index is -2.56. The van der Waals surface area contributed by atoms with Gasteiger partial charge in [-0.15, -0.1) is 21.2 Å². The van der Waals surface area contributed by atoms with E-state index in [-0.39, 0.29) is 18.2 Å². The lowest BCUT2D eigenvalue weighted by Crippen LogP contribution is -2.16. The minimum absolute atomic E-state index is 0.185. The number of hydrogen-bond acceptors (Lipinski definition) is 4. The summed E-state index contributed by atoms with van der Waals surface area (Å²) in [6, 6.07) is 9.99. The monoisotopic (exact) mass is 520 g/mol. The molecule has 0 bridgehead atoms. The van der Waals surface area contributed by atoms with Crippen molar-refractivity contribution in [3.05, 3.63) is 63.6 Å². The van der Waals surface area contributed by atoms with Crippen molar-refractivity contribution < 1.29 is 22.8 Å². The molecule has 0 saturated carbocycles. The SMILES string of the molecule is O=[P+](O)OCCCNCc1cc(Br)c(SCCCCCc2ccc(F)cc2)cc1F. The summed E-state index contributed by atoms with van der Waals surface area (Å²) in [5.74, 6) is 0.451. The Bertz CT molecular complexity index is 812. The van der Waals surface area contributed by atoms with Crippen molar-refractivity contribution in [2.45, 2.75) is 43.5 Å². The van der Waals surface area contributed by atoms with Crippen LogP contribution in [-0.4, -0.2) is 23.8 Å². The molecule has 30 heavy (non-hydrogen) atoms. The van der Waals surface area contributed by atoms with Crippen LogP contribution in [-0.2, 0) is 22.1 Å². The van der Waals surface area contributed by atoms with Crippen LogP contribution in [0.15, 0.2) is 45.8 Å². The Labute approximate surface area is 189 Å². The summed E-state index contributed by atoms with van der Waals surface area (Å²) >= 11 is 5.15. The fourth-order valence-electron chi connectivity index (χ4n) is 2.82. The van der Waals surface area contributed by atoms with E-state index in [1.54, 1.807) is 23.9 Å². The highest BCUT2D eigenvalue weighted by Gasteiger charge is 2.11. The molecule has 0 spiro atoms. The minimum Gasteiger partial charge on any atom is -0.312 e. The van der Waals surface area contributed by atoms with Gasteiger partial charge in [-0.25, -0.2) is 8.78 Å². The molecule has 2 aromatic rings. The van der Waals surface area contributed by atoms with Crippen LogP contribution in [0.25, 0.3) is 0 Å². The van der Waals surface area contributed by atoms with Gasteiger partial charge in [0.05, 0.1) is 0 Å². The number of benzene rings is 2. The first-order valence-electron chi connectivity index (χ1n) is 9.80. The molecule has 0 aliphatic carbocycles. The molecule has 0 fully saturated rings. The second-order valence-corrected chi connectivity index (χ2v) is 9.49. The molecule has 1 atom stereocenters. The van der Waals surface area contributed by atoms with Crippen LogP contribution in [0.2, 0.25) is 0 Å². The number of nitrogens with one attached hydrogen (secondary N) is 1. The molecule has 4 nitrogen and oxygen atoms in total. The largest absolute Gasteiger partial charge is 0.694 e. The van der Waals surface area contributed by atoms with E-state index in [0.717, 1.165) is 46.4 Å². The quantitative estimate of drug-likeness (QED) is 0.172. The molecule has 0 amide bonds. The Morgan fingerprint density at radius 2 is 1.87 bits per heavy atom. The van der Waals surface area contributed by atoms with Gasteiger partial charge in [-0.1, -0.05) is 18.6 Å². The number of aryl methyl sites for hydroxylation is 1. The van der Waals surface area contributed by atoms with Gasteiger partial charge < -0.3 is 5.32 Å². The maximum absolute atomic E-state index is 14.4. The molecule has 2 N–H and O–H groups in total. The van der Waals surface area contributed by atoms with Crippen molar-refractivity contribution in [1.29, 1.82) is 0 Å². The van der Waals surface area contributed by atoms with E-state index in [0.29, 0.717) is 25.1 Å². The summed E-state index contributed by atoms with van der Waals surface area (Å²) in [7, 11) is -2.56. The standard InChI is InChI=1S/C21H25BrF2NO3PS/c22-19-13-17(15-25-10-4-11-28-29(26)27)20(24)14-21(19)30-12-3-1-2-5-16-6-8-18(23)9-7-16/h6-9,13-14,25H,1-5,10-12,15H2/p+1. The van der Waals surface area contributed by atoms with Crippen LogP contribution >= 0.6 is 35.9 Å². The maximum atomic E-state index is 14.4. The summed E-state index contributed by atoms with van der Waals surface area (Å²) in [5, 5.41) is 3.10. The van der Waals surface area contributed by atoms with E-state index in [2.05, 4.69) is 25.8 Å². The van der Waals surface area contributed by atoms with Gasteiger partial charge in [0.25, 0.3) is 0 Å². The van der Waals surface area contributed by atoms with E-state index >= 15 is 0 Å². The Hall–Kier alpha value is -0.890. The first-order valence-corrected chi connectivity index (χ1v) is 12.7. The Balaban J connectivity index is 1.65. The lowest BCUT2D eigenvalue weighted by Gasteiger charge is -2.10. The van der Waals surface area contributed by atoms with Crippen molar-refractivity contribution in [3.63, 3.8) is 0 Å². The third kappa shape index (κ3) is 9.94. The normalized spacial score (nSPS) is 11.7. The van der Waals surface area contributed by atoms with Crippen LogP contribution in [0.4, 0.5) is 8.78 Å². The Morgan fingerprint density at radius 1 is 1.10 bits per heavy atom. The zero-order valence-electron chi connectivity index (χ0n) is 16.6. The summed E-state index contributed by atoms with van der Waals surface area (Å²) in [6.07, 6.45) is 4.66. The number of rotatable bonds is 14. The van der Waals surface area contributed by atoms with Gasteiger partial charge >= 0.3 is 8.25 Å². The second kappa shape index (κ2) is 14.2. The van der Waals surface area contributed by atoms with Crippen LogP contribution in [0.3, 0.4) is 0 Å². The Kier molecular flexibility index (Phi) is 12.0. The molecule has 0 heterocycles. The van der Waals surface area contributed by atoms with Crippen LogP contribution in [0.1, 0.15) is 36.8 Å². The predicted molar refractivity (Wildman–Crippen MR) is 121 cm³/mol. The lowest BCUT2D eigenvalue weighted by atomic mass is 10.1. The molecule has 2 rings (SSSR count). The maximum Gasteiger partial charge on any atom is 0.694 e. The van der Waals surface area contributed by atoms with Gasteiger partial charge in [0.15, 0.2) is 0 Å². The zero-order chi connectivity index (χ0) is 21.8. The molecular formula is C21H26BrF2NO3PS+. The third-order valence-electron chi connectivity index (χ3n) is 4.40. The van der Waals surface area contributed by atoms with Gasteiger partial charge in [0.1, 0.15) is 18.2 Å². The van der Waals surface area contributed by atoms with Gasteiger partial charge in [-0.3, -0.25) is 0 Å². The lowest BCUT2D eigenvalue weighted by molar-refractivity contribution is 0.276. The fourth-order valence-corrected chi connectivity index (χ4v) is 4.79. The summed E-state index contributed by atoms with van der Waals surface area (Å²) in [4.78, 5) is 9.42. The zero-order valence-corrected chi connectivity index (χ0v) is 19.9. The number of thioether (sulfide) groups is 1. The number of unbranched alkanes of at least 4 members (excludes halogenated alkanes) is 2. The summed E-state index contributed by atoms with van der Waals surface area (Å²) < 4.78 is 43.1. The predicted octanol–water partition coefficient (Wildman–Crippen LogP) is 6.38. The van der Waals surface area contributed by atoms with Gasteiger partial charge in [-0.2, -0.15) is 0 Å². The molecule has 2 aromatic carbocycles. The first-order chi connectivity index (χ1) is 14.5. The number of hydrogen-bond donors (Lipinski definition) is 2. The molecule has 0 aromatic heterocycles. The van der Waals surface area contributed by atoms with Crippen LogP contribution in [0, 0.1) is 11.6 Å². The van der Waals surface area contributed by atoms with Crippen molar-refractivity contribution in [2.75, 3.05) is 18.9 Å². The molecule has 9 heteroatoms. The number of halogens is 3. The molecule has 1 unspecified atom stereocenters. The molecule has 164 valence electrons. The highest BCUT2D eigenvalue weighted by atomic mass is 79.9. The first kappa shape index (κ1) is 25.4. The average Bonchev–Trinajstić information content (AvgIpc) is 2.71. The molecular weight excluding hydrogens is 495 g/mol. The third-order valence-corrected chi connectivity index (χ3v) is 6.86. The highest BCUT2D eigenvalue weighted by molar-refractivity contribution is 9.10. The molecule has 0 radical (unpaired) electrons. The van der Waals surface area contributed by atoms with E-state index in [1.165, 1.54) is 12.1 Å². The van der Waals surface area contributed by atoms with Gasteiger partial charge in [0, 0.05) is 26.0 Å². The van der Waals surface area contributed by atoms with Crippen molar-refractivity contribution >= 4 is 35.9 Å². The van der Waals surface area contributed by atoms with Gasteiger partial charge in [0.2, 0.25) is 0 Å². The summed E-state index contributed by atoms with van der Waals surface area (Å²) in [5.41, 5.74) is 1.72. The molecule has 0 saturated heterocycles. The highest BCUT2D eigenvalue weighted by Crippen LogP contribution is 2.31. The van der Waals surface area contributed by atoms with E-state index in [9.17, 15) is 13.3 Å². The van der Waals surface area contributed by atoms with Crippen LogP contribution in [0.5, 0.6) is 0 Å². The summed E-state index contributed by atoms with van der Waals surface area (Å²) in [6.45, 7) is 1.13. The second-order valence-electron chi connectivity index (χ2n) is 6.76. The van der Waals surface area contributed by atoms with Crippen molar-refractivity contribution in [2.24, 2.45) is 0 Å². The Morgan fingerprint density at radius 3 is 2.60 bits per heavy atom. The van der Waals surface area contributed by atoms with E-state index in [1.807, 2.05) is 12.1 Å². The topological polar surface area (TPSA) is 58.6 Å². The average molecular weight is 521 g/mol. The molecule has 0 aliphatic heterocycles. The van der Waals surface area contributed by atoms with Gasteiger partial charge in [-0.05, 0) is 83.7 Å². The molecule has 0 aliphatic rings. The smallest absolute Gasteiger partial charge is 0.312 e. The van der Waals surface area contributed by atoms with E-state index in [4.69, 9.17) is 4.89 Å². The van der Waals surface area contributed by atoms with Crippen LogP contribution < -0.4 is 5.32 Å².